The van der Waals surface area contributed by atoms with E-state index in [0.717, 1.165) is 0 Å². The molecule has 0 saturated carbocycles. The smallest absolute Gasteiger partial charge is 0.244 e. The molecule has 0 heterocycles. The summed E-state index contributed by atoms with van der Waals surface area (Å²) in [5, 5.41) is 13.3. The molecular formula is C18H20N2O5. The summed E-state index contributed by atoms with van der Waals surface area (Å²) >= 11 is 0. The number of nitrogens with zero attached hydrogens (tertiary/aromatic N) is 1. The molecule has 7 nitrogen and oxygen atoms in total. The predicted molar refractivity (Wildman–Crippen MR) is 93.6 cm³/mol. The Labute approximate surface area is 145 Å². The monoisotopic (exact) mass is 344 g/mol. The van der Waals surface area contributed by atoms with Crippen molar-refractivity contribution in [1.82, 2.24) is 5.43 Å². The van der Waals surface area contributed by atoms with E-state index in [9.17, 15) is 9.90 Å². The highest BCUT2D eigenvalue weighted by atomic mass is 16.5. The number of amides is 1. The third-order valence-corrected chi connectivity index (χ3v) is 3.40. The number of ether oxygens (including phenoxy) is 3. The van der Waals surface area contributed by atoms with Crippen molar-refractivity contribution >= 4 is 12.1 Å². The SMILES string of the molecule is COc1cc(OC)c(OC)cc1C=NNC(=O)Cc1cccc(O)c1. The van der Waals surface area contributed by atoms with Crippen molar-refractivity contribution in [2.75, 3.05) is 21.3 Å². The minimum atomic E-state index is -0.304. The molecule has 2 aromatic rings. The number of hydrogen-bond donors (Lipinski definition) is 2. The summed E-state index contributed by atoms with van der Waals surface area (Å²) in [7, 11) is 4.59. The van der Waals surface area contributed by atoms with Gasteiger partial charge in [0, 0.05) is 11.6 Å². The minimum Gasteiger partial charge on any atom is -0.508 e. The van der Waals surface area contributed by atoms with Crippen LogP contribution in [0.4, 0.5) is 0 Å². The first kappa shape index (κ1) is 18.1. The van der Waals surface area contributed by atoms with Crippen LogP contribution in [-0.4, -0.2) is 38.6 Å². The van der Waals surface area contributed by atoms with Crippen molar-refractivity contribution in [3.63, 3.8) is 0 Å². The third-order valence-electron chi connectivity index (χ3n) is 3.40. The molecule has 0 aromatic heterocycles. The molecular weight excluding hydrogens is 324 g/mol. The Kier molecular flexibility index (Phi) is 6.22. The van der Waals surface area contributed by atoms with Crippen LogP contribution in [0.25, 0.3) is 0 Å². The maximum Gasteiger partial charge on any atom is 0.244 e. The molecule has 7 heteroatoms. The van der Waals surface area contributed by atoms with Crippen molar-refractivity contribution in [3.8, 4) is 23.0 Å². The number of nitrogens with one attached hydrogen (secondary N) is 1. The quantitative estimate of drug-likeness (QED) is 0.593. The number of aromatic hydroxyl groups is 1. The number of phenols is 1. The van der Waals surface area contributed by atoms with E-state index < -0.39 is 0 Å². The van der Waals surface area contributed by atoms with Gasteiger partial charge >= 0.3 is 0 Å². The van der Waals surface area contributed by atoms with Gasteiger partial charge in [-0.25, -0.2) is 5.43 Å². The Balaban J connectivity index is 2.07. The van der Waals surface area contributed by atoms with E-state index in [1.807, 2.05) is 0 Å². The van der Waals surface area contributed by atoms with E-state index in [4.69, 9.17) is 14.2 Å². The fourth-order valence-corrected chi connectivity index (χ4v) is 2.22. The molecule has 0 saturated heterocycles. The number of rotatable bonds is 7. The van der Waals surface area contributed by atoms with Crippen molar-refractivity contribution in [1.29, 1.82) is 0 Å². The lowest BCUT2D eigenvalue weighted by molar-refractivity contribution is -0.120. The molecule has 2 rings (SSSR count). The van der Waals surface area contributed by atoms with Crippen LogP contribution in [0.5, 0.6) is 23.0 Å². The van der Waals surface area contributed by atoms with Crippen molar-refractivity contribution in [2.45, 2.75) is 6.42 Å². The summed E-state index contributed by atoms with van der Waals surface area (Å²) in [6, 6.07) is 9.87. The largest absolute Gasteiger partial charge is 0.508 e. The predicted octanol–water partition coefficient (Wildman–Crippen LogP) is 2.11. The highest BCUT2D eigenvalue weighted by Gasteiger charge is 2.10. The number of hydrogen-bond acceptors (Lipinski definition) is 6. The third kappa shape index (κ3) is 4.87. The highest BCUT2D eigenvalue weighted by molar-refractivity contribution is 5.87. The van der Waals surface area contributed by atoms with E-state index in [1.165, 1.54) is 33.6 Å². The van der Waals surface area contributed by atoms with Gasteiger partial charge in [0.2, 0.25) is 5.91 Å². The fraction of sp³-hybridized carbons (Fsp3) is 0.222. The minimum absolute atomic E-state index is 0.106. The Bertz CT molecular complexity index is 774. The second kappa shape index (κ2) is 8.58. The molecule has 0 aliphatic heterocycles. The van der Waals surface area contributed by atoms with Crippen molar-refractivity contribution < 1.29 is 24.1 Å². The van der Waals surface area contributed by atoms with Crippen LogP contribution in [0.1, 0.15) is 11.1 Å². The summed E-state index contributed by atoms with van der Waals surface area (Å²) < 4.78 is 15.7. The topological polar surface area (TPSA) is 89.4 Å². The van der Waals surface area contributed by atoms with Crippen LogP contribution in [-0.2, 0) is 11.2 Å². The Morgan fingerprint density at radius 1 is 1.08 bits per heavy atom. The number of carbonyl (C=O) groups excluding carboxylic acids is 1. The molecule has 0 aliphatic carbocycles. The summed E-state index contributed by atoms with van der Waals surface area (Å²) in [5.41, 5.74) is 3.75. The molecule has 0 spiro atoms. The van der Waals surface area contributed by atoms with Crippen LogP contribution in [0, 0.1) is 0 Å². The van der Waals surface area contributed by atoms with Gasteiger partial charge in [-0.2, -0.15) is 5.10 Å². The van der Waals surface area contributed by atoms with E-state index in [1.54, 1.807) is 30.3 Å². The maximum absolute atomic E-state index is 11.9. The van der Waals surface area contributed by atoms with Crippen molar-refractivity contribution in [3.05, 3.63) is 47.5 Å². The molecule has 0 fully saturated rings. The highest BCUT2D eigenvalue weighted by Crippen LogP contribution is 2.33. The fourth-order valence-electron chi connectivity index (χ4n) is 2.22. The molecule has 0 atom stereocenters. The summed E-state index contributed by atoms with van der Waals surface area (Å²) in [4.78, 5) is 11.9. The molecule has 132 valence electrons. The standard InChI is InChI=1S/C18H20N2O5/c1-23-15-10-17(25-3)16(24-2)9-13(15)11-19-20-18(22)8-12-5-4-6-14(21)7-12/h4-7,9-11,21H,8H2,1-3H3,(H,20,22). The molecule has 25 heavy (non-hydrogen) atoms. The average molecular weight is 344 g/mol. The molecule has 0 radical (unpaired) electrons. The van der Waals surface area contributed by atoms with Gasteiger partial charge in [0.1, 0.15) is 11.5 Å². The van der Waals surface area contributed by atoms with E-state index >= 15 is 0 Å². The van der Waals surface area contributed by atoms with Gasteiger partial charge in [-0.05, 0) is 23.8 Å². The zero-order chi connectivity index (χ0) is 18.2. The van der Waals surface area contributed by atoms with Gasteiger partial charge in [-0.1, -0.05) is 12.1 Å². The summed E-state index contributed by atoms with van der Waals surface area (Å²) in [6.07, 6.45) is 1.57. The molecule has 0 bridgehead atoms. The van der Waals surface area contributed by atoms with Crippen molar-refractivity contribution in [2.24, 2.45) is 5.10 Å². The van der Waals surface area contributed by atoms with Crippen LogP contribution in [0.15, 0.2) is 41.5 Å². The first-order chi connectivity index (χ1) is 12.1. The number of phenolic OH excluding ortho intramolecular Hbond substituents is 1. The number of carbonyl (C=O) groups is 1. The second-order valence-electron chi connectivity index (χ2n) is 5.09. The van der Waals surface area contributed by atoms with E-state index in [-0.39, 0.29) is 18.1 Å². The van der Waals surface area contributed by atoms with Gasteiger partial charge in [0.15, 0.2) is 11.5 Å². The summed E-state index contributed by atoms with van der Waals surface area (Å²) in [6.45, 7) is 0. The Morgan fingerprint density at radius 2 is 1.76 bits per heavy atom. The Morgan fingerprint density at radius 3 is 2.40 bits per heavy atom. The number of hydrazone groups is 1. The van der Waals surface area contributed by atoms with E-state index in [0.29, 0.717) is 28.4 Å². The van der Waals surface area contributed by atoms with Gasteiger partial charge in [-0.15, -0.1) is 0 Å². The van der Waals surface area contributed by atoms with Crippen LogP contribution >= 0.6 is 0 Å². The molecule has 0 unspecified atom stereocenters. The average Bonchev–Trinajstić information content (AvgIpc) is 2.61. The van der Waals surface area contributed by atoms with Crippen LogP contribution in [0.3, 0.4) is 0 Å². The molecule has 1 amide bonds. The first-order valence-electron chi connectivity index (χ1n) is 7.47. The zero-order valence-electron chi connectivity index (χ0n) is 14.3. The maximum atomic E-state index is 11.9. The normalized spacial score (nSPS) is 10.5. The first-order valence-corrected chi connectivity index (χ1v) is 7.47. The van der Waals surface area contributed by atoms with Gasteiger partial charge < -0.3 is 19.3 Å². The number of methoxy groups -OCH3 is 3. The molecule has 2 aromatic carbocycles. The summed E-state index contributed by atoms with van der Waals surface area (Å²) in [5.74, 6) is 1.40. The number of benzene rings is 2. The lowest BCUT2D eigenvalue weighted by atomic mass is 10.1. The lowest BCUT2D eigenvalue weighted by Crippen LogP contribution is -2.19. The molecule has 2 N–H and O–H groups in total. The lowest BCUT2D eigenvalue weighted by Gasteiger charge is -2.11. The van der Waals surface area contributed by atoms with E-state index in [2.05, 4.69) is 10.5 Å². The van der Waals surface area contributed by atoms with Gasteiger partial charge in [-0.3, -0.25) is 4.79 Å². The molecule has 0 aliphatic rings. The Hall–Kier alpha value is -3.22. The zero-order valence-corrected chi connectivity index (χ0v) is 14.3. The van der Waals surface area contributed by atoms with Crippen LogP contribution < -0.4 is 19.6 Å². The van der Waals surface area contributed by atoms with Crippen LogP contribution in [0.2, 0.25) is 0 Å². The second-order valence-corrected chi connectivity index (χ2v) is 5.09. The van der Waals surface area contributed by atoms with Gasteiger partial charge in [0.05, 0.1) is 34.0 Å². The van der Waals surface area contributed by atoms with Gasteiger partial charge in [0.25, 0.3) is 0 Å².